The summed E-state index contributed by atoms with van der Waals surface area (Å²) in [6.07, 6.45) is 11.0. The van der Waals surface area contributed by atoms with E-state index in [-0.39, 0.29) is 0 Å². The van der Waals surface area contributed by atoms with Gasteiger partial charge in [-0.1, -0.05) is 63.5 Å². The molecule has 1 rings (SSSR count). The van der Waals surface area contributed by atoms with Gasteiger partial charge < -0.3 is 5.73 Å². The molecule has 108 valence electrons. The fraction of sp³-hybridized carbons (Fsp3) is 0.625. The maximum Gasteiger partial charge on any atom is 0.0646 e. The van der Waals surface area contributed by atoms with E-state index in [4.69, 9.17) is 17.3 Å². The molecule has 1 aromatic carbocycles. The first-order valence-corrected chi connectivity index (χ1v) is 8.78. The maximum atomic E-state index is 6.00. The van der Waals surface area contributed by atoms with Crippen LogP contribution in [-0.4, -0.2) is 5.75 Å². The lowest BCUT2D eigenvalue weighted by Crippen LogP contribution is -1.87. The second kappa shape index (κ2) is 10.4. The van der Waals surface area contributed by atoms with Crippen LogP contribution in [0, 0.1) is 0 Å². The van der Waals surface area contributed by atoms with Gasteiger partial charge in [0.2, 0.25) is 0 Å². The summed E-state index contributed by atoms with van der Waals surface area (Å²) in [6, 6.07) is 5.90. The number of hydrogen-bond acceptors (Lipinski definition) is 2. The van der Waals surface area contributed by atoms with Crippen molar-refractivity contribution in [1.29, 1.82) is 0 Å². The first kappa shape index (κ1) is 16.7. The molecule has 0 amide bonds. The zero-order valence-electron chi connectivity index (χ0n) is 12.0. The number of benzene rings is 1. The SMILES string of the molecule is CCCCCCCCCCSc1ccc(N)c(Cl)c1. The Morgan fingerprint density at radius 3 is 2.26 bits per heavy atom. The summed E-state index contributed by atoms with van der Waals surface area (Å²) in [5, 5.41) is 0.668. The van der Waals surface area contributed by atoms with Crippen LogP contribution in [0.1, 0.15) is 58.3 Å². The third-order valence-electron chi connectivity index (χ3n) is 3.24. The van der Waals surface area contributed by atoms with Gasteiger partial charge in [0.1, 0.15) is 0 Å². The van der Waals surface area contributed by atoms with E-state index in [0.717, 1.165) is 0 Å². The molecule has 1 aromatic rings. The quantitative estimate of drug-likeness (QED) is 0.318. The monoisotopic (exact) mass is 299 g/mol. The van der Waals surface area contributed by atoms with E-state index < -0.39 is 0 Å². The molecule has 0 bridgehead atoms. The van der Waals surface area contributed by atoms with Crippen molar-refractivity contribution < 1.29 is 0 Å². The van der Waals surface area contributed by atoms with E-state index >= 15 is 0 Å². The average Bonchev–Trinajstić information content (AvgIpc) is 2.41. The molecule has 0 spiro atoms. The van der Waals surface area contributed by atoms with Crippen LogP contribution in [0.25, 0.3) is 0 Å². The third-order valence-corrected chi connectivity index (χ3v) is 4.65. The van der Waals surface area contributed by atoms with Gasteiger partial charge in [-0.25, -0.2) is 0 Å². The van der Waals surface area contributed by atoms with Crippen molar-refractivity contribution in [1.82, 2.24) is 0 Å². The molecule has 1 nitrogen and oxygen atoms in total. The summed E-state index contributed by atoms with van der Waals surface area (Å²) in [5.74, 6) is 1.18. The Labute approximate surface area is 127 Å². The minimum absolute atomic E-state index is 0.665. The van der Waals surface area contributed by atoms with Gasteiger partial charge in [-0.05, 0) is 30.4 Å². The first-order valence-electron chi connectivity index (χ1n) is 7.42. The molecule has 0 saturated carbocycles. The van der Waals surface area contributed by atoms with Crippen molar-refractivity contribution >= 4 is 29.1 Å². The van der Waals surface area contributed by atoms with Crippen LogP contribution < -0.4 is 5.73 Å². The predicted molar refractivity (Wildman–Crippen MR) is 89.2 cm³/mol. The molecule has 0 heterocycles. The van der Waals surface area contributed by atoms with Gasteiger partial charge in [-0.3, -0.25) is 0 Å². The van der Waals surface area contributed by atoms with E-state index in [1.807, 2.05) is 23.9 Å². The molecule has 0 aliphatic heterocycles. The van der Waals surface area contributed by atoms with E-state index in [9.17, 15) is 0 Å². The van der Waals surface area contributed by atoms with Gasteiger partial charge in [-0.2, -0.15) is 0 Å². The Kier molecular flexibility index (Phi) is 9.19. The van der Waals surface area contributed by atoms with Crippen molar-refractivity contribution in [2.75, 3.05) is 11.5 Å². The smallest absolute Gasteiger partial charge is 0.0646 e. The summed E-state index contributed by atoms with van der Waals surface area (Å²) >= 11 is 7.87. The molecule has 0 saturated heterocycles. The summed E-state index contributed by atoms with van der Waals surface area (Å²) in [5.41, 5.74) is 6.36. The number of nitrogens with two attached hydrogens (primary N) is 1. The van der Waals surface area contributed by atoms with Crippen molar-refractivity contribution in [2.45, 2.75) is 63.2 Å². The summed E-state index contributed by atoms with van der Waals surface area (Å²) in [6.45, 7) is 2.26. The Morgan fingerprint density at radius 1 is 1.00 bits per heavy atom. The highest BCUT2D eigenvalue weighted by Crippen LogP contribution is 2.27. The lowest BCUT2D eigenvalue weighted by atomic mass is 10.1. The van der Waals surface area contributed by atoms with Crippen molar-refractivity contribution in [3.05, 3.63) is 23.2 Å². The number of unbranched alkanes of at least 4 members (excludes halogenated alkanes) is 7. The highest BCUT2D eigenvalue weighted by atomic mass is 35.5. The van der Waals surface area contributed by atoms with Crippen LogP contribution in [0.4, 0.5) is 5.69 Å². The number of rotatable bonds is 10. The number of anilines is 1. The molecule has 0 aromatic heterocycles. The average molecular weight is 300 g/mol. The van der Waals surface area contributed by atoms with E-state index in [2.05, 4.69) is 13.0 Å². The molecule has 2 N–H and O–H groups in total. The van der Waals surface area contributed by atoms with Crippen molar-refractivity contribution in [2.24, 2.45) is 0 Å². The van der Waals surface area contributed by atoms with E-state index in [1.54, 1.807) is 0 Å². The van der Waals surface area contributed by atoms with Gasteiger partial charge in [0.25, 0.3) is 0 Å². The normalized spacial score (nSPS) is 10.8. The van der Waals surface area contributed by atoms with E-state index in [1.165, 1.54) is 62.0 Å². The topological polar surface area (TPSA) is 26.0 Å². The van der Waals surface area contributed by atoms with Gasteiger partial charge in [0.15, 0.2) is 0 Å². The minimum atomic E-state index is 0.665. The number of nitrogen functional groups attached to an aromatic ring is 1. The predicted octanol–water partition coefficient (Wildman–Crippen LogP) is 6.16. The molecule has 0 aliphatic rings. The zero-order chi connectivity index (χ0) is 13.9. The van der Waals surface area contributed by atoms with Crippen LogP contribution in [0.15, 0.2) is 23.1 Å². The highest BCUT2D eigenvalue weighted by Gasteiger charge is 1.99. The van der Waals surface area contributed by atoms with E-state index in [0.29, 0.717) is 10.7 Å². The van der Waals surface area contributed by atoms with Crippen LogP contribution in [0.5, 0.6) is 0 Å². The molecule has 19 heavy (non-hydrogen) atoms. The second-order valence-electron chi connectivity index (χ2n) is 5.01. The van der Waals surface area contributed by atoms with Gasteiger partial charge in [-0.15, -0.1) is 11.8 Å². The molecule has 0 atom stereocenters. The second-order valence-corrected chi connectivity index (χ2v) is 6.58. The Balaban J connectivity index is 2.00. The molecule has 3 heteroatoms. The Morgan fingerprint density at radius 2 is 1.63 bits per heavy atom. The fourth-order valence-corrected chi connectivity index (χ4v) is 3.22. The van der Waals surface area contributed by atoms with Crippen molar-refractivity contribution in [3.8, 4) is 0 Å². The summed E-state index contributed by atoms with van der Waals surface area (Å²) < 4.78 is 0. The van der Waals surface area contributed by atoms with Crippen LogP contribution in [0.3, 0.4) is 0 Å². The number of thioether (sulfide) groups is 1. The van der Waals surface area contributed by atoms with Crippen LogP contribution >= 0.6 is 23.4 Å². The lowest BCUT2D eigenvalue weighted by Gasteiger charge is -2.04. The number of halogens is 1. The highest BCUT2D eigenvalue weighted by molar-refractivity contribution is 7.99. The zero-order valence-corrected chi connectivity index (χ0v) is 13.5. The molecule has 0 unspecified atom stereocenters. The van der Waals surface area contributed by atoms with Gasteiger partial charge in [0, 0.05) is 4.90 Å². The lowest BCUT2D eigenvalue weighted by molar-refractivity contribution is 0.586. The summed E-state index contributed by atoms with van der Waals surface area (Å²) in [7, 11) is 0. The number of hydrogen-bond donors (Lipinski definition) is 1. The van der Waals surface area contributed by atoms with Crippen LogP contribution in [-0.2, 0) is 0 Å². The Hall–Kier alpha value is -0.340. The van der Waals surface area contributed by atoms with Gasteiger partial charge in [0.05, 0.1) is 10.7 Å². The Bertz CT molecular complexity index is 355. The summed E-state index contributed by atoms with van der Waals surface area (Å²) in [4.78, 5) is 1.22. The standard InChI is InChI=1S/C16H26ClNS/c1-2-3-4-5-6-7-8-9-12-19-14-10-11-16(18)15(17)13-14/h10-11,13H,2-9,12,18H2,1H3. The minimum Gasteiger partial charge on any atom is -0.398 e. The van der Waals surface area contributed by atoms with Crippen LogP contribution in [0.2, 0.25) is 5.02 Å². The molecule has 0 aliphatic carbocycles. The van der Waals surface area contributed by atoms with Gasteiger partial charge >= 0.3 is 0 Å². The first-order chi connectivity index (χ1) is 9.24. The molecular weight excluding hydrogens is 274 g/mol. The van der Waals surface area contributed by atoms with Crippen molar-refractivity contribution in [3.63, 3.8) is 0 Å². The largest absolute Gasteiger partial charge is 0.398 e. The fourth-order valence-electron chi connectivity index (χ4n) is 2.02. The molecule has 0 fully saturated rings. The molecule has 0 radical (unpaired) electrons. The molecular formula is C16H26ClNS. The maximum absolute atomic E-state index is 6.00. The third kappa shape index (κ3) is 7.74.